The van der Waals surface area contributed by atoms with Crippen LogP contribution in [0.1, 0.15) is 6.92 Å². The van der Waals surface area contributed by atoms with Crippen LogP contribution in [0.25, 0.3) is 5.69 Å². The lowest BCUT2D eigenvalue weighted by Gasteiger charge is -2.16. The molecule has 0 saturated heterocycles. The maximum atomic E-state index is 14.5. The van der Waals surface area contributed by atoms with Crippen LogP contribution < -0.4 is 21.9 Å². The van der Waals surface area contributed by atoms with Crippen molar-refractivity contribution in [3.63, 3.8) is 0 Å². The number of rotatable bonds is 5. The van der Waals surface area contributed by atoms with Gasteiger partial charge in [0.1, 0.15) is 11.6 Å². The van der Waals surface area contributed by atoms with Crippen LogP contribution in [0.5, 0.6) is 5.75 Å². The smallest absolute Gasteiger partial charge is 0.354 e. The van der Waals surface area contributed by atoms with E-state index in [1.165, 1.54) is 21.0 Å². The Hall–Kier alpha value is -2.83. The normalized spacial score (nSPS) is 11.8. The molecule has 0 aliphatic heterocycles. The molecule has 0 aliphatic carbocycles. The SMILES string of the molecule is CC(Oc1cc(-n2c(=O)n(C)c(=S)n(C)c2=O)c(F)cc1Cl)C(=O)OC(=O)CN. The monoisotopic (exact) mass is 446 g/mol. The molecular formula is C16H16ClFN4O6S. The van der Waals surface area contributed by atoms with Gasteiger partial charge in [-0.15, -0.1) is 0 Å². The van der Waals surface area contributed by atoms with Gasteiger partial charge in [0, 0.05) is 20.2 Å². The van der Waals surface area contributed by atoms with Crippen LogP contribution in [0.4, 0.5) is 4.39 Å². The summed E-state index contributed by atoms with van der Waals surface area (Å²) >= 11 is 10.9. The summed E-state index contributed by atoms with van der Waals surface area (Å²) in [6.45, 7) is 0.741. The molecule has 1 unspecified atom stereocenters. The number of nitrogens with two attached hydrogens (primary N) is 1. The van der Waals surface area contributed by atoms with Crippen LogP contribution in [-0.2, 0) is 28.4 Å². The summed E-state index contributed by atoms with van der Waals surface area (Å²) in [5.41, 5.74) is 2.79. The third-order valence-electron chi connectivity index (χ3n) is 3.79. The molecule has 10 nitrogen and oxygen atoms in total. The van der Waals surface area contributed by atoms with Crippen molar-refractivity contribution in [1.29, 1.82) is 0 Å². The quantitative estimate of drug-likeness (QED) is 0.392. The van der Waals surface area contributed by atoms with Crippen LogP contribution >= 0.6 is 23.8 Å². The second-order valence-electron chi connectivity index (χ2n) is 5.79. The second-order valence-corrected chi connectivity index (χ2v) is 6.56. The lowest BCUT2D eigenvalue weighted by atomic mass is 10.2. The topological polar surface area (TPSA) is 128 Å². The molecule has 2 rings (SSSR count). The number of benzene rings is 1. The molecule has 1 heterocycles. The third kappa shape index (κ3) is 4.44. The highest BCUT2D eigenvalue weighted by molar-refractivity contribution is 7.71. The molecule has 0 fully saturated rings. The maximum Gasteiger partial charge on any atom is 0.354 e. The Morgan fingerprint density at radius 2 is 1.79 bits per heavy atom. The molecule has 1 atom stereocenters. The molecule has 1 aromatic heterocycles. The van der Waals surface area contributed by atoms with Gasteiger partial charge in [-0.05, 0) is 25.2 Å². The number of esters is 2. The van der Waals surface area contributed by atoms with Gasteiger partial charge < -0.3 is 15.2 Å². The Morgan fingerprint density at radius 1 is 1.24 bits per heavy atom. The molecule has 29 heavy (non-hydrogen) atoms. The zero-order valence-corrected chi connectivity index (χ0v) is 17.0. The lowest BCUT2D eigenvalue weighted by molar-refractivity contribution is -0.163. The maximum absolute atomic E-state index is 14.5. The standard InChI is InChI=1S/C16H16ClFN4O6S/c1-7(13(24)28-12(23)6-19)27-11-5-10(9(18)4-8(11)17)22-14(25)20(2)16(29)21(3)15(22)26/h4-5,7H,6,19H2,1-3H3. The zero-order valence-electron chi connectivity index (χ0n) is 15.5. The summed E-state index contributed by atoms with van der Waals surface area (Å²) in [7, 11) is 2.64. The van der Waals surface area contributed by atoms with Gasteiger partial charge >= 0.3 is 23.3 Å². The number of carbonyl (C=O) groups excluding carboxylic acids is 2. The van der Waals surface area contributed by atoms with Crippen LogP contribution in [-0.4, -0.2) is 38.3 Å². The summed E-state index contributed by atoms with van der Waals surface area (Å²) in [5.74, 6) is -3.25. The van der Waals surface area contributed by atoms with E-state index in [1.54, 1.807) is 0 Å². The van der Waals surface area contributed by atoms with E-state index in [0.29, 0.717) is 4.57 Å². The number of aromatic nitrogens is 3. The fourth-order valence-electron chi connectivity index (χ4n) is 2.23. The van der Waals surface area contributed by atoms with Crippen molar-refractivity contribution in [2.75, 3.05) is 6.54 Å². The number of nitrogens with zero attached hydrogens (tertiary/aromatic N) is 3. The van der Waals surface area contributed by atoms with E-state index in [2.05, 4.69) is 4.74 Å². The predicted molar refractivity (Wildman–Crippen MR) is 102 cm³/mol. The van der Waals surface area contributed by atoms with Crippen molar-refractivity contribution in [3.05, 3.63) is 48.7 Å². The van der Waals surface area contributed by atoms with Crippen LogP contribution in [0.3, 0.4) is 0 Å². The van der Waals surface area contributed by atoms with Crippen molar-refractivity contribution in [3.8, 4) is 11.4 Å². The molecule has 0 bridgehead atoms. The van der Waals surface area contributed by atoms with E-state index >= 15 is 0 Å². The van der Waals surface area contributed by atoms with Gasteiger partial charge in [-0.2, -0.15) is 0 Å². The minimum absolute atomic E-state index is 0.0666. The first-order valence-corrected chi connectivity index (χ1v) is 8.78. The zero-order chi connectivity index (χ0) is 22.0. The number of hydrogen-bond donors (Lipinski definition) is 1. The van der Waals surface area contributed by atoms with Crippen molar-refractivity contribution in [2.45, 2.75) is 13.0 Å². The van der Waals surface area contributed by atoms with E-state index in [4.69, 9.17) is 34.3 Å². The molecule has 0 saturated carbocycles. The number of halogens is 2. The Balaban J connectivity index is 2.56. The highest BCUT2D eigenvalue weighted by atomic mass is 35.5. The first kappa shape index (κ1) is 22.5. The van der Waals surface area contributed by atoms with Gasteiger partial charge in [0.2, 0.25) is 0 Å². The average molecular weight is 447 g/mol. The van der Waals surface area contributed by atoms with Gasteiger partial charge in [0.05, 0.1) is 17.3 Å². The summed E-state index contributed by atoms with van der Waals surface area (Å²) in [4.78, 5) is 47.9. The fraction of sp³-hybridized carbons (Fsp3) is 0.312. The van der Waals surface area contributed by atoms with Gasteiger partial charge in [0.15, 0.2) is 10.9 Å². The van der Waals surface area contributed by atoms with Crippen molar-refractivity contribution < 1.29 is 23.5 Å². The Kier molecular flexibility index (Phi) is 6.72. The predicted octanol–water partition coefficient (Wildman–Crippen LogP) is 0.192. The van der Waals surface area contributed by atoms with Crippen molar-refractivity contribution in [1.82, 2.24) is 13.7 Å². The van der Waals surface area contributed by atoms with Crippen molar-refractivity contribution >= 4 is 35.8 Å². The van der Waals surface area contributed by atoms with Crippen LogP contribution in [0.2, 0.25) is 5.02 Å². The van der Waals surface area contributed by atoms with Gasteiger partial charge in [-0.25, -0.2) is 23.3 Å². The molecule has 0 spiro atoms. The summed E-state index contributed by atoms with van der Waals surface area (Å²) in [6, 6.07) is 1.78. The minimum Gasteiger partial charge on any atom is -0.477 e. The van der Waals surface area contributed by atoms with E-state index in [1.807, 2.05) is 0 Å². The highest BCUT2D eigenvalue weighted by Crippen LogP contribution is 2.29. The molecule has 156 valence electrons. The van der Waals surface area contributed by atoms with Gasteiger partial charge in [-0.1, -0.05) is 11.6 Å². The Bertz CT molecular complexity index is 1130. The molecular weight excluding hydrogens is 431 g/mol. The number of ether oxygens (including phenoxy) is 2. The Morgan fingerprint density at radius 3 is 2.31 bits per heavy atom. The molecule has 0 radical (unpaired) electrons. The summed E-state index contributed by atoms with van der Waals surface area (Å²) < 4.78 is 26.7. The second kappa shape index (κ2) is 8.68. The van der Waals surface area contributed by atoms with E-state index in [0.717, 1.165) is 21.3 Å². The van der Waals surface area contributed by atoms with Crippen molar-refractivity contribution in [2.24, 2.45) is 19.8 Å². The fourth-order valence-corrected chi connectivity index (χ4v) is 2.58. The highest BCUT2D eigenvalue weighted by Gasteiger charge is 2.23. The van der Waals surface area contributed by atoms with Crippen LogP contribution in [0, 0.1) is 10.6 Å². The molecule has 0 aliphatic rings. The van der Waals surface area contributed by atoms with E-state index in [-0.39, 0.29) is 15.5 Å². The van der Waals surface area contributed by atoms with Crippen LogP contribution in [0.15, 0.2) is 21.7 Å². The average Bonchev–Trinajstić information content (AvgIpc) is 2.67. The van der Waals surface area contributed by atoms with E-state index < -0.39 is 47.5 Å². The molecule has 13 heteroatoms. The van der Waals surface area contributed by atoms with Gasteiger partial charge in [0.25, 0.3) is 0 Å². The summed E-state index contributed by atoms with van der Waals surface area (Å²) in [6.07, 6.45) is -1.33. The molecule has 2 aromatic rings. The lowest BCUT2D eigenvalue weighted by Crippen LogP contribution is -2.43. The first-order chi connectivity index (χ1) is 13.5. The number of carbonyl (C=O) groups is 2. The largest absolute Gasteiger partial charge is 0.477 e. The van der Waals surface area contributed by atoms with E-state index in [9.17, 15) is 23.6 Å². The Labute approximate surface area is 172 Å². The minimum atomic E-state index is -1.33. The summed E-state index contributed by atoms with van der Waals surface area (Å²) in [5, 5.41) is -0.245. The number of hydrogen-bond acceptors (Lipinski definition) is 8. The third-order valence-corrected chi connectivity index (χ3v) is 4.63. The molecule has 0 amide bonds. The van der Waals surface area contributed by atoms with Gasteiger partial charge in [-0.3, -0.25) is 13.9 Å². The molecule has 1 aromatic carbocycles. The molecule has 2 N–H and O–H groups in total. The first-order valence-electron chi connectivity index (χ1n) is 7.99.